The van der Waals surface area contributed by atoms with Gasteiger partial charge in [-0.1, -0.05) is 47.5 Å². The van der Waals surface area contributed by atoms with Gasteiger partial charge in [0, 0.05) is 27.8 Å². The fourth-order valence-electron chi connectivity index (χ4n) is 2.70. The van der Waals surface area contributed by atoms with E-state index < -0.39 is 0 Å². The van der Waals surface area contributed by atoms with Crippen LogP contribution < -0.4 is 10.1 Å². The van der Waals surface area contributed by atoms with Gasteiger partial charge in [-0.15, -0.1) is 0 Å². The summed E-state index contributed by atoms with van der Waals surface area (Å²) in [5.41, 5.74) is 5.72. The summed E-state index contributed by atoms with van der Waals surface area (Å²) in [6.45, 7) is 5.35. The fourth-order valence-corrected chi connectivity index (χ4v) is 3.02. The van der Waals surface area contributed by atoms with E-state index in [0.29, 0.717) is 18.2 Å². The highest BCUT2D eigenvalue weighted by Gasteiger charge is 2.07. The van der Waals surface area contributed by atoms with Gasteiger partial charge in [0.05, 0.1) is 0 Å². The van der Waals surface area contributed by atoms with Gasteiger partial charge in [-0.05, 0) is 66.9 Å². The van der Waals surface area contributed by atoms with E-state index in [2.05, 4.69) is 37.4 Å². The van der Waals surface area contributed by atoms with Gasteiger partial charge in [0.1, 0.15) is 12.4 Å². The molecule has 26 heavy (non-hydrogen) atoms. The number of nitrogens with one attached hydrogen (secondary N) is 1. The average Bonchev–Trinajstić information content (AvgIpc) is 2.63. The van der Waals surface area contributed by atoms with Crippen LogP contribution in [0.1, 0.15) is 22.3 Å². The second-order valence-corrected chi connectivity index (χ2v) is 7.14. The third-order valence-electron chi connectivity index (χ3n) is 4.40. The van der Waals surface area contributed by atoms with E-state index in [9.17, 15) is 0 Å². The van der Waals surface area contributed by atoms with Crippen molar-refractivity contribution in [2.45, 2.75) is 27.0 Å². The zero-order valence-corrected chi connectivity index (χ0v) is 16.4. The van der Waals surface area contributed by atoms with Crippen LogP contribution in [0.5, 0.6) is 5.75 Å². The maximum atomic E-state index is 6.19. The van der Waals surface area contributed by atoms with Crippen LogP contribution in [-0.4, -0.2) is 0 Å². The maximum Gasteiger partial charge on any atom is 0.124 e. The Labute approximate surface area is 164 Å². The molecule has 0 aliphatic carbocycles. The minimum absolute atomic E-state index is 0.481. The van der Waals surface area contributed by atoms with Gasteiger partial charge >= 0.3 is 0 Å². The second kappa shape index (κ2) is 8.48. The molecule has 0 heterocycles. The van der Waals surface area contributed by atoms with Gasteiger partial charge in [-0.25, -0.2) is 0 Å². The molecule has 0 aliphatic heterocycles. The quantitative estimate of drug-likeness (QED) is 0.503. The lowest BCUT2D eigenvalue weighted by atomic mass is 10.1. The van der Waals surface area contributed by atoms with E-state index in [4.69, 9.17) is 27.9 Å². The number of ether oxygens (including phenoxy) is 1. The summed E-state index contributed by atoms with van der Waals surface area (Å²) in [5.74, 6) is 0.821. The lowest BCUT2D eigenvalue weighted by Gasteiger charge is -2.15. The third kappa shape index (κ3) is 4.72. The van der Waals surface area contributed by atoms with Gasteiger partial charge in [-0.3, -0.25) is 0 Å². The second-order valence-electron chi connectivity index (χ2n) is 6.27. The van der Waals surface area contributed by atoms with Crippen molar-refractivity contribution < 1.29 is 4.74 Å². The standard InChI is InChI=1S/C22H21Cl2NO/c1-15-4-3-5-21(16(15)2)25-13-18-12-20(24)10-11-22(18)26-14-17-6-8-19(23)9-7-17/h3-12,25H,13-14H2,1-2H3. The minimum atomic E-state index is 0.481. The molecule has 0 saturated carbocycles. The largest absolute Gasteiger partial charge is 0.489 e. The molecule has 0 radical (unpaired) electrons. The summed E-state index contributed by atoms with van der Waals surface area (Å²) in [4.78, 5) is 0. The zero-order valence-electron chi connectivity index (χ0n) is 14.9. The fraction of sp³-hybridized carbons (Fsp3) is 0.182. The molecule has 3 aromatic carbocycles. The average molecular weight is 386 g/mol. The molecule has 0 atom stereocenters. The van der Waals surface area contributed by atoms with Crippen molar-refractivity contribution in [3.05, 3.63) is 93.0 Å². The first-order valence-corrected chi connectivity index (χ1v) is 9.24. The van der Waals surface area contributed by atoms with Crippen LogP contribution in [0.15, 0.2) is 60.7 Å². The lowest BCUT2D eigenvalue weighted by Crippen LogP contribution is -2.05. The van der Waals surface area contributed by atoms with Crippen molar-refractivity contribution in [1.29, 1.82) is 0 Å². The van der Waals surface area contributed by atoms with Gasteiger partial charge in [0.15, 0.2) is 0 Å². The van der Waals surface area contributed by atoms with E-state index in [1.54, 1.807) is 0 Å². The summed E-state index contributed by atoms with van der Waals surface area (Å²) in [6.07, 6.45) is 0. The summed E-state index contributed by atoms with van der Waals surface area (Å²) in [7, 11) is 0. The van der Waals surface area contributed by atoms with Crippen LogP contribution in [0.2, 0.25) is 10.0 Å². The van der Waals surface area contributed by atoms with Crippen molar-refractivity contribution in [2.75, 3.05) is 5.32 Å². The van der Waals surface area contributed by atoms with Crippen LogP contribution in [0.4, 0.5) is 5.69 Å². The number of rotatable bonds is 6. The molecule has 0 aromatic heterocycles. The summed E-state index contributed by atoms with van der Waals surface area (Å²) in [5, 5.41) is 4.90. The Morgan fingerprint density at radius 1 is 0.885 bits per heavy atom. The predicted molar refractivity (Wildman–Crippen MR) is 110 cm³/mol. The molecule has 0 unspecified atom stereocenters. The molecule has 4 heteroatoms. The van der Waals surface area contributed by atoms with Gasteiger partial charge in [-0.2, -0.15) is 0 Å². The number of anilines is 1. The molecule has 3 aromatic rings. The molecule has 0 fully saturated rings. The number of hydrogen-bond donors (Lipinski definition) is 1. The maximum absolute atomic E-state index is 6.19. The van der Waals surface area contributed by atoms with E-state index in [-0.39, 0.29) is 0 Å². The van der Waals surface area contributed by atoms with Gasteiger partial charge in [0.25, 0.3) is 0 Å². The van der Waals surface area contributed by atoms with Gasteiger partial charge in [0.2, 0.25) is 0 Å². The highest BCUT2D eigenvalue weighted by atomic mass is 35.5. The summed E-state index contributed by atoms with van der Waals surface area (Å²) in [6, 6.07) is 19.6. The highest BCUT2D eigenvalue weighted by molar-refractivity contribution is 6.30. The van der Waals surface area contributed by atoms with Crippen molar-refractivity contribution >= 4 is 28.9 Å². The SMILES string of the molecule is Cc1cccc(NCc2cc(Cl)ccc2OCc2ccc(Cl)cc2)c1C. The Hall–Kier alpha value is -2.16. The Morgan fingerprint density at radius 2 is 1.62 bits per heavy atom. The normalized spacial score (nSPS) is 10.6. The molecule has 0 bridgehead atoms. The number of hydrogen-bond acceptors (Lipinski definition) is 2. The third-order valence-corrected chi connectivity index (χ3v) is 4.89. The Bertz CT molecular complexity index is 891. The van der Waals surface area contributed by atoms with Crippen LogP contribution in [0.3, 0.4) is 0 Å². The zero-order chi connectivity index (χ0) is 18.5. The van der Waals surface area contributed by atoms with E-state index in [1.165, 1.54) is 11.1 Å². The van der Waals surface area contributed by atoms with Crippen LogP contribution in [0, 0.1) is 13.8 Å². The lowest BCUT2D eigenvalue weighted by molar-refractivity contribution is 0.303. The minimum Gasteiger partial charge on any atom is -0.489 e. The summed E-state index contributed by atoms with van der Waals surface area (Å²) < 4.78 is 6.02. The number of benzene rings is 3. The number of aryl methyl sites for hydroxylation is 1. The van der Waals surface area contributed by atoms with Crippen LogP contribution in [-0.2, 0) is 13.2 Å². The monoisotopic (exact) mass is 385 g/mol. The van der Waals surface area contributed by atoms with Crippen molar-refractivity contribution in [3.63, 3.8) is 0 Å². The molecule has 2 nitrogen and oxygen atoms in total. The summed E-state index contributed by atoms with van der Waals surface area (Å²) >= 11 is 12.1. The van der Waals surface area contributed by atoms with Crippen molar-refractivity contribution in [3.8, 4) is 5.75 Å². The molecular weight excluding hydrogens is 365 g/mol. The smallest absolute Gasteiger partial charge is 0.124 e. The van der Waals surface area contributed by atoms with Crippen molar-refractivity contribution in [2.24, 2.45) is 0 Å². The van der Waals surface area contributed by atoms with Gasteiger partial charge < -0.3 is 10.1 Å². The first kappa shape index (κ1) is 18.6. The molecule has 0 amide bonds. The molecule has 0 aliphatic rings. The predicted octanol–water partition coefficient (Wildman–Crippen LogP) is 6.80. The van der Waals surface area contributed by atoms with Crippen LogP contribution >= 0.6 is 23.2 Å². The highest BCUT2D eigenvalue weighted by Crippen LogP contribution is 2.26. The van der Waals surface area contributed by atoms with E-state index in [0.717, 1.165) is 27.6 Å². The molecular formula is C22H21Cl2NO. The van der Waals surface area contributed by atoms with E-state index >= 15 is 0 Å². The molecule has 134 valence electrons. The molecule has 0 saturated heterocycles. The van der Waals surface area contributed by atoms with E-state index in [1.807, 2.05) is 42.5 Å². The molecule has 3 rings (SSSR count). The first-order valence-electron chi connectivity index (χ1n) is 8.48. The number of halogens is 2. The van der Waals surface area contributed by atoms with Crippen molar-refractivity contribution in [1.82, 2.24) is 0 Å². The topological polar surface area (TPSA) is 21.3 Å². The Morgan fingerprint density at radius 3 is 2.38 bits per heavy atom. The first-order chi connectivity index (χ1) is 12.5. The molecule has 0 spiro atoms. The van der Waals surface area contributed by atoms with Crippen LogP contribution in [0.25, 0.3) is 0 Å². The Balaban J connectivity index is 1.73. The Kier molecular flexibility index (Phi) is 6.08. The molecule has 1 N–H and O–H groups in total.